The lowest BCUT2D eigenvalue weighted by Crippen LogP contribution is -2.24. The number of nitrogens with one attached hydrogen (secondary N) is 1. The molecule has 0 saturated carbocycles. The summed E-state index contributed by atoms with van der Waals surface area (Å²) in [7, 11) is 0. The zero-order chi connectivity index (χ0) is 20.9. The number of carbonyl (C=O) groups is 2. The van der Waals surface area contributed by atoms with Crippen LogP contribution in [0.1, 0.15) is 25.3 Å². The molecule has 154 valence electrons. The van der Waals surface area contributed by atoms with Crippen LogP contribution in [-0.2, 0) is 9.59 Å². The fourth-order valence-corrected chi connectivity index (χ4v) is 2.12. The third-order valence-corrected chi connectivity index (χ3v) is 3.61. The summed E-state index contributed by atoms with van der Waals surface area (Å²) in [6.07, 6.45) is 3.54. The van der Waals surface area contributed by atoms with Gasteiger partial charge in [0.15, 0.2) is 13.2 Å². The summed E-state index contributed by atoms with van der Waals surface area (Å²) in [6.45, 7) is 2.20. The number of carbonyl (C=O) groups excluding carboxylic acids is 1. The summed E-state index contributed by atoms with van der Waals surface area (Å²) in [4.78, 5) is 22.3. The van der Waals surface area contributed by atoms with Crippen molar-refractivity contribution in [2.75, 3.05) is 19.8 Å². The number of amides is 1. The molecular weight excluding hydrogens is 376 g/mol. The summed E-state index contributed by atoms with van der Waals surface area (Å²) >= 11 is 0. The number of nitrogens with zero attached hydrogens (tertiary/aromatic N) is 1. The van der Waals surface area contributed by atoms with Crippen molar-refractivity contribution in [2.45, 2.75) is 19.8 Å². The topological polar surface area (TPSA) is 106 Å². The maximum absolute atomic E-state index is 11.8. The highest BCUT2D eigenvalue weighted by Crippen LogP contribution is 2.17. The van der Waals surface area contributed by atoms with E-state index in [4.69, 9.17) is 19.3 Å². The largest absolute Gasteiger partial charge is 0.494 e. The van der Waals surface area contributed by atoms with E-state index >= 15 is 0 Å². The molecule has 1 amide bonds. The Kier molecular flexibility index (Phi) is 9.01. The van der Waals surface area contributed by atoms with E-state index in [1.165, 1.54) is 6.21 Å². The van der Waals surface area contributed by atoms with Crippen LogP contribution in [0.2, 0.25) is 0 Å². The number of hydrogen-bond donors (Lipinski definition) is 2. The lowest BCUT2D eigenvalue weighted by molar-refractivity contribution is -0.139. The third kappa shape index (κ3) is 8.79. The lowest BCUT2D eigenvalue weighted by atomic mass is 10.2. The first kappa shape index (κ1) is 21.7. The molecule has 0 aliphatic rings. The molecular formula is C21H24N2O6. The van der Waals surface area contributed by atoms with Crippen molar-refractivity contribution in [1.29, 1.82) is 0 Å². The molecule has 0 bridgehead atoms. The fourth-order valence-electron chi connectivity index (χ4n) is 2.12. The first-order valence-electron chi connectivity index (χ1n) is 9.19. The van der Waals surface area contributed by atoms with Crippen LogP contribution in [0, 0.1) is 0 Å². The molecule has 2 aromatic rings. The number of unbranched alkanes of at least 4 members (excludes halogenated alkanes) is 1. The van der Waals surface area contributed by atoms with Gasteiger partial charge < -0.3 is 19.3 Å². The van der Waals surface area contributed by atoms with Crippen molar-refractivity contribution in [1.82, 2.24) is 5.43 Å². The molecule has 0 atom stereocenters. The number of carboxylic acid groups (broad SMARTS) is 1. The molecule has 29 heavy (non-hydrogen) atoms. The molecule has 0 fully saturated rings. The van der Waals surface area contributed by atoms with Crippen molar-refractivity contribution < 1.29 is 28.9 Å². The Hall–Kier alpha value is -3.55. The second-order valence-corrected chi connectivity index (χ2v) is 6.01. The predicted molar refractivity (Wildman–Crippen MR) is 108 cm³/mol. The fraction of sp³-hybridized carbons (Fsp3) is 0.286. The van der Waals surface area contributed by atoms with Gasteiger partial charge in [0.2, 0.25) is 0 Å². The van der Waals surface area contributed by atoms with E-state index in [2.05, 4.69) is 17.5 Å². The van der Waals surface area contributed by atoms with Gasteiger partial charge in [-0.25, -0.2) is 10.2 Å². The predicted octanol–water partition coefficient (Wildman–Crippen LogP) is 2.86. The van der Waals surface area contributed by atoms with Gasteiger partial charge in [0.25, 0.3) is 5.91 Å². The molecule has 2 rings (SSSR count). The van der Waals surface area contributed by atoms with E-state index in [1.807, 2.05) is 0 Å². The highest BCUT2D eigenvalue weighted by molar-refractivity contribution is 5.83. The van der Waals surface area contributed by atoms with Crippen LogP contribution >= 0.6 is 0 Å². The monoisotopic (exact) mass is 400 g/mol. The summed E-state index contributed by atoms with van der Waals surface area (Å²) in [5.41, 5.74) is 3.09. The van der Waals surface area contributed by atoms with E-state index in [0.717, 1.165) is 18.6 Å². The minimum absolute atomic E-state index is 0.171. The van der Waals surface area contributed by atoms with Gasteiger partial charge in [-0.05, 0) is 60.5 Å². The zero-order valence-corrected chi connectivity index (χ0v) is 16.2. The summed E-state index contributed by atoms with van der Waals surface area (Å²) in [5, 5.41) is 12.4. The standard InChI is InChI=1S/C21H24N2O6/c1-2-3-12-27-17-8-10-19(11-9-17)28-14-20(24)23-22-13-16-4-6-18(7-5-16)29-15-21(25)26/h4-11,13H,2-3,12,14-15H2,1H3,(H,23,24)(H,25,26). The summed E-state index contributed by atoms with van der Waals surface area (Å²) in [5.74, 6) is 0.315. The van der Waals surface area contributed by atoms with Crippen molar-refractivity contribution >= 4 is 18.1 Å². The SMILES string of the molecule is CCCCOc1ccc(OCC(=O)NN=Cc2ccc(OCC(=O)O)cc2)cc1. The molecule has 0 spiro atoms. The highest BCUT2D eigenvalue weighted by Gasteiger charge is 2.02. The number of ether oxygens (including phenoxy) is 3. The molecule has 8 heteroatoms. The average Bonchev–Trinajstić information content (AvgIpc) is 2.73. The van der Waals surface area contributed by atoms with Gasteiger partial charge in [0.05, 0.1) is 12.8 Å². The normalized spacial score (nSPS) is 10.5. The Bertz CT molecular complexity index is 803. The van der Waals surface area contributed by atoms with E-state index in [1.54, 1.807) is 48.5 Å². The van der Waals surface area contributed by atoms with Gasteiger partial charge in [-0.2, -0.15) is 5.10 Å². The Morgan fingerprint density at radius 1 is 0.931 bits per heavy atom. The van der Waals surface area contributed by atoms with Gasteiger partial charge in [-0.3, -0.25) is 4.79 Å². The number of rotatable bonds is 12. The Morgan fingerprint density at radius 3 is 2.07 bits per heavy atom. The van der Waals surface area contributed by atoms with E-state index in [0.29, 0.717) is 23.7 Å². The van der Waals surface area contributed by atoms with Crippen LogP contribution in [0.4, 0.5) is 0 Å². The molecule has 0 heterocycles. The molecule has 8 nitrogen and oxygen atoms in total. The molecule has 0 aromatic heterocycles. The number of benzene rings is 2. The van der Waals surface area contributed by atoms with Crippen molar-refractivity contribution in [3.63, 3.8) is 0 Å². The molecule has 0 radical (unpaired) electrons. The van der Waals surface area contributed by atoms with Crippen molar-refractivity contribution in [3.05, 3.63) is 54.1 Å². The first-order chi connectivity index (χ1) is 14.1. The first-order valence-corrected chi connectivity index (χ1v) is 9.19. The molecule has 2 aromatic carbocycles. The maximum Gasteiger partial charge on any atom is 0.341 e. The van der Waals surface area contributed by atoms with E-state index < -0.39 is 18.5 Å². The van der Waals surface area contributed by atoms with Crippen LogP contribution in [0.15, 0.2) is 53.6 Å². The van der Waals surface area contributed by atoms with Gasteiger partial charge in [-0.15, -0.1) is 0 Å². The number of carboxylic acids is 1. The number of aliphatic carboxylic acids is 1. The van der Waals surface area contributed by atoms with Crippen LogP contribution in [-0.4, -0.2) is 43.0 Å². The van der Waals surface area contributed by atoms with Gasteiger partial charge in [0, 0.05) is 0 Å². The molecule has 0 saturated heterocycles. The summed E-state index contributed by atoms with van der Waals surface area (Å²) < 4.78 is 16.0. The number of hydrogen-bond acceptors (Lipinski definition) is 6. The molecule has 0 aliphatic carbocycles. The highest BCUT2D eigenvalue weighted by atomic mass is 16.5. The van der Waals surface area contributed by atoms with Crippen LogP contribution in [0.3, 0.4) is 0 Å². The Balaban J connectivity index is 1.70. The second-order valence-electron chi connectivity index (χ2n) is 6.01. The molecule has 2 N–H and O–H groups in total. The minimum atomic E-state index is -1.04. The van der Waals surface area contributed by atoms with Crippen molar-refractivity contribution in [2.24, 2.45) is 5.10 Å². The average molecular weight is 400 g/mol. The smallest absolute Gasteiger partial charge is 0.341 e. The van der Waals surface area contributed by atoms with Crippen molar-refractivity contribution in [3.8, 4) is 17.2 Å². The Labute approximate surface area is 169 Å². The van der Waals surface area contributed by atoms with E-state index in [9.17, 15) is 9.59 Å². The quantitative estimate of drug-likeness (QED) is 0.322. The number of hydrazone groups is 1. The zero-order valence-electron chi connectivity index (χ0n) is 16.2. The maximum atomic E-state index is 11.8. The van der Waals surface area contributed by atoms with E-state index in [-0.39, 0.29) is 6.61 Å². The Morgan fingerprint density at radius 2 is 1.48 bits per heavy atom. The lowest BCUT2D eigenvalue weighted by Gasteiger charge is -2.08. The van der Waals surface area contributed by atoms with Crippen LogP contribution in [0.5, 0.6) is 17.2 Å². The third-order valence-electron chi connectivity index (χ3n) is 3.61. The van der Waals surface area contributed by atoms with Crippen LogP contribution in [0.25, 0.3) is 0 Å². The molecule has 0 unspecified atom stereocenters. The van der Waals surface area contributed by atoms with Gasteiger partial charge in [0.1, 0.15) is 17.2 Å². The van der Waals surface area contributed by atoms with Crippen LogP contribution < -0.4 is 19.6 Å². The second kappa shape index (κ2) is 12.0. The molecule has 0 aliphatic heterocycles. The van der Waals surface area contributed by atoms with Gasteiger partial charge in [-0.1, -0.05) is 13.3 Å². The minimum Gasteiger partial charge on any atom is -0.494 e. The van der Waals surface area contributed by atoms with Gasteiger partial charge >= 0.3 is 5.97 Å². The summed E-state index contributed by atoms with van der Waals surface area (Å²) in [6, 6.07) is 13.7.